The van der Waals surface area contributed by atoms with Gasteiger partial charge in [-0.1, -0.05) is 24.3 Å². The lowest BCUT2D eigenvalue weighted by molar-refractivity contribution is 0.102. The Morgan fingerprint density at radius 3 is 2.62 bits per heavy atom. The van der Waals surface area contributed by atoms with Crippen molar-refractivity contribution in [1.82, 2.24) is 4.57 Å². The summed E-state index contributed by atoms with van der Waals surface area (Å²) in [7, 11) is -2.95. The summed E-state index contributed by atoms with van der Waals surface area (Å²) in [5.74, 6) is 1.78. The topological polar surface area (TPSA) is 56.1 Å². The molecule has 0 amide bonds. The summed E-state index contributed by atoms with van der Waals surface area (Å²) in [4.78, 5) is 12.7. The van der Waals surface area contributed by atoms with Gasteiger partial charge in [-0.15, -0.1) is 11.8 Å². The molecule has 4 nitrogen and oxygen atoms in total. The van der Waals surface area contributed by atoms with Gasteiger partial charge in [0.2, 0.25) is 0 Å². The zero-order valence-corrected chi connectivity index (χ0v) is 17.1. The van der Waals surface area contributed by atoms with Crippen molar-refractivity contribution in [1.29, 1.82) is 0 Å². The number of carbonyl (C=O) groups excluding carboxylic acids is 1. The maximum absolute atomic E-state index is 12.7. The first-order valence-electron chi connectivity index (χ1n) is 8.83. The fourth-order valence-corrected chi connectivity index (χ4v) is 6.39. The lowest BCUT2D eigenvalue weighted by Gasteiger charge is -2.16. The monoisotopic (exact) mass is 391 g/mol. The number of Topliss-reactive ketones (excluding diaryl/α,β-unsaturated/α-hetero) is 1. The van der Waals surface area contributed by atoms with Crippen LogP contribution in [0.25, 0.3) is 0 Å². The lowest BCUT2D eigenvalue weighted by atomic mass is 10.1. The minimum atomic E-state index is -2.95. The number of hydrogen-bond donors (Lipinski definition) is 0. The largest absolute Gasteiger partial charge is 0.344 e. The van der Waals surface area contributed by atoms with Gasteiger partial charge in [0.25, 0.3) is 0 Å². The molecule has 1 aromatic heterocycles. The highest BCUT2D eigenvalue weighted by molar-refractivity contribution is 7.99. The Kier molecular flexibility index (Phi) is 5.63. The molecule has 0 radical (unpaired) electrons. The summed E-state index contributed by atoms with van der Waals surface area (Å²) in [5.41, 5.74) is 5.09. The van der Waals surface area contributed by atoms with Crippen LogP contribution in [0.3, 0.4) is 0 Å². The minimum Gasteiger partial charge on any atom is -0.344 e. The van der Waals surface area contributed by atoms with E-state index in [0.29, 0.717) is 12.2 Å². The highest BCUT2D eigenvalue weighted by Crippen LogP contribution is 2.29. The van der Waals surface area contributed by atoms with E-state index in [1.54, 1.807) is 11.8 Å². The summed E-state index contributed by atoms with van der Waals surface area (Å²) in [6.07, 6.45) is 0.633. The average molecular weight is 392 g/mol. The third-order valence-corrected chi connectivity index (χ3v) is 7.84. The van der Waals surface area contributed by atoms with Crippen LogP contribution in [0, 0.1) is 20.8 Å². The number of nitrogens with zero attached hydrogens (tertiary/aromatic N) is 1. The first-order valence-corrected chi connectivity index (χ1v) is 11.8. The molecule has 1 atom stereocenters. The molecule has 1 aliphatic heterocycles. The van der Waals surface area contributed by atoms with E-state index in [0.717, 1.165) is 22.7 Å². The highest BCUT2D eigenvalue weighted by Gasteiger charge is 2.31. The molecule has 6 heteroatoms. The molecular formula is C20H25NO3S2. The number of rotatable bonds is 6. The lowest BCUT2D eigenvalue weighted by Crippen LogP contribution is -2.14. The van der Waals surface area contributed by atoms with Gasteiger partial charge in [0.1, 0.15) is 0 Å². The zero-order valence-electron chi connectivity index (χ0n) is 15.5. The standard InChI is InChI=1S/C20H25NO3S2/c1-14-6-4-5-7-17(14)11-25-12-20(22)19-10-15(2)21(16(19)3)18-8-9-26(23,24)13-18/h4-7,10,18H,8-9,11-13H2,1-3H3. The molecule has 3 rings (SSSR count). The van der Waals surface area contributed by atoms with Gasteiger partial charge in [-0.05, 0) is 44.4 Å². The second-order valence-corrected chi connectivity index (χ2v) is 10.3. The van der Waals surface area contributed by atoms with Crippen LogP contribution in [0.1, 0.15) is 45.3 Å². The molecule has 1 saturated heterocycles. The number of aromatic nitrogens is 1. The van der Waals surface area contributed by atoms with Crippen LogP contribution in [0.2, 0.25) is 0 Å². The van der Waals surface area contributed by atoms with Crippen LogP contribution in [0.4, 0.5) is 0 Å². The van der Waals surface area contributed by atoms with E-state index in [-0.39, 0.29) is 23.3 Å². The van der Waals surface area contributed by atoms with E-state index in [1.165, 1.54) is 11.1 Å². The van der Waals surface area contributed by atoms with Gasteiger partial charge in [-0.2, -0.15) is 0 Å². The fraction of sp³-hybridized carbons (Fsp3) is 0.450. The Hall–Kier alpha value is -1.53. The molecule has 0 bridgehead atoms. The van der Waals surface area contributed by atoms with Gasteiger partial charge in [0.05, 0.1) is 17.3 Å². The predicted molar refractivity (Wildman–Crippen MR) is 108 cm³/mol. The fourth-order valence-electron chi connectivity index (χ4n) is 3.70. The Morgan fingerprint density at radius 1 is 1.23 bits per heavy atom. The van der Waals surface area contributed by atoms with Crippen molar-refractivity contribution in [2.45, 2.75) is 39.0 Å². The number of hydrogen-bond acceptors (Lipinski definition) is 4. The van der Waals surface area contributed by atoms with Crippen LogP contribution in [-0.2, 0) is 15.6 Å². The smallest absolute Gasteiger partial charge is 0.174 e. The first kappa shape index (κ1) is 19.2. The van der Waals surface area contributed by atoms with Crippen LogP contribution >= 0.6 is 11.8 Å². The Balaban J connectivity index is 1.69. The van der Waals surface area contributed by atoms with Gasteiger partial charge < -0.3 is 4.57 Å². The zero-order chi connectivity index (χ0) is 18.9. The Morgan fingerprint density at radius 2 is 1.96 bits per heavy atom. The van der Waals surface area contributed by atoms with Crippen LogP contribution < -0.4 is 0 Å². The van der Waals surface area contributed by atoms with Crippen LogP contribution in [0.5, 0.6) is 0 Å². The summed E-state index contributed by atoms with van der Waals surface area (Å²) >= 11 is 1.62. The van der Waals surface area contributed by atoms with Gasteiger partial charge in [0.15, 0.2) is 15.6 Å². The SMILES string of the molecule is Cc1ccccc1CSCC(=O)c1cc(C)n(C2CCS(=O)(=O)C2)c1C. The molecule has 2 heterocycles. The number of sulfone groups is 1. The average Bonchev–Trinajstić information content (AvgIpc) is 3.07. The second-order valence-electron chi connectivity index (χ2n) is 7.05. The molecular weight excluding hydrogens is 366 g/mol. The second kappa shape index (κ2) is 7.61. The van der Waals surface area contributed by atoms with E-state index in [1.807, 2.05) is 36.6 Å². The molecule has 0 aliphatic carbocycles. The van der Waals surface area contributed by atoms with Crippen LogP contribution in [-0.4, -0.2) is 36.0 Å². The first-order chi connectivity index (χ1) is 12.3. The molecule has 1 unspecified atom stereocenters. The van der Waals surface area contributed by atoms with E-state index >= 15 is 0 Å². The number of ketones is 1. The maximum atomic E-state index is 12.7. The number of thioether (sulfide) groups is 1. The molecule has 0 saturated carbocycles. The van der Waals surface area contributed by atoms with Gasteiger partial charge in [0, 0.05) is 28.7 Å². The van der Waals surface area contributed by atoms with Gasteiger partial charge >= 0.3 is 0 Å². The molecule has 1 fully saturated rings. The van der Waals surface area contributed by atoms with Crippen molar-refractivity contribution in [2.24, 2.45) is 0 Å². The molecule has 0 spiro atoms. The maximum Gasteiger partial charge on any atom is 0.174 e. The van der Waals surface area contributed by atoms with Gasteiger partial charge in [-0.3, -0.25) is 4.79 Å². The summed E-state index contributed by atoms with van der Waals surface area (Å²) < 4.78 is 25.6. The van der Waals surface area contributed by atoms with Crippen molar-refractivity contribution in [3.05, 3.63) is 58.4 Å². The van der Waals surface area contributed by atoms with E-state index in [2.05, 4.69) is 19.1 Å². The Labute approximate surface area is 159 Å². The molecule has 140 valence electrons. The van der Waals surface area contributed by atoms with Crippen molar-refractivity contribution < 1.29 is 13.2 Å². The molecule has 0 N–H and O–H groups in total. The molecule has 1 aromatic carbocycles. The quantitative estimate of drug-likeness (QED) is 0.701. The van der Waals surface area contributed by atoms with Gasteiger partial charge in [-0.25, -0.2) is 8.42 Å². The molecule has 1 aliphatic rings. The number of carbonyl (C=O) groups is 1. The van der Waals surface area contributed by atoms with E-state index in [4.69, 9.17) is 0 Å². The number of aryl methyl sites for hydroxylation is 2. The Bertz CT molecular complexity index is 929. The van der Waals surface area contributed by atoms with E-state index < -0.39 is 9.84 Å². The van der Waals surface area contributed by atoms with Crippen molar-refractivity contribution in [3.63, 3.8) is 0 Å². The number of benzene rings is 1. The highest BCUT2D eigenvalue weighted by atomic mass is 32.2. The summed E-state index contributed by atoms with van der Waals surface area (Å²) in [6.45, 7) is 5.97. The molecule has 26 heavy (non-hydrogen) atoms. The third kappa shape index (κ3) is 4.07. The predicted octanol–water partition coefficient (Wildman–Crippen LogP) is 3.89. The van der Waals surface area contributed by atoms with Crippen molar-refractivity contribution in [3.8, 4) is 0 Å². The van der Waals surface area contributed by atoms with Crippen molar-refractivity contribution >= 4 is 27.4 Å². The normalized spacial score (nSPS) is 19.0. The van der Waals surface area contributed by atoms with Crippen LogP contribution in [0.15, 0.2) is 30.3 Å². The summed E-state index contributed by atoms with van der Waals surface area (Å²) in [6, 6.07) is 10.1. The summed E-state index contributed by atoms with van der Waals surface area (Å²) in [5, 5.41) is 0. The third-order valence-electron chi connectivity index (χ3n) is 5.11. The van der Waals surface area contributed by atoms with Crippen molar-refractivity contribution in [2.75, 3.05) is 17.3 Å². The molecule has 2 aromatic rings. The van der Waals surface area contributed by atoms with E-state index in [9.17, 15) is 13.2 Å². The minimum absolute atomic E-state index is 0.0406.